The third-order valence-corrected chi connectivity index (χ3v) is 13.8. The number of ether oxygens (including phenoxy) is 6. The van der Waals surface area contributed by atoms with Crippen molar-refractivity contribution in [1.29, 1.82) is 0 Å². The number of aromatic nitrogens is 2. The molecular formula is C46H67N7O10. The van der Waals surface area contributed by atoms with Crippen LogP contribution in [0.25, 0.3) is 11.4 Å². The number of aliphatic imine (C=N–C) groups is 1. The number of hydrogen-bond acceptors (Lipinski definition) is 16. The van der Waals surface area contributed by atoms with Crippen molar-refractivity contribution < 1.29 is 48.0 Å². The maximum absolute atomic E-state index is 14.6. The number of nitrogens with zero attached hydrogens (tertiary/aromatic N) is 6. The molecule has 17 nitrogen and oxygen atoms in total. The fourth-order valence-corrected chi connectivity index (χ4v) is 10.7. The van der Waals surface area contributed by atoms with E-state index in [-0.39, 0.29) is 43.8 Å². The molecule has 17 heteroatoms. The van der Waals surface area contributed by atoms with Crippen LogP contribution in [0.3, 0.4) is 0 Å². The standard InChI is InChI=1S/C46H67N7O10/c1-11-35-46(8)40-27(4)36(49-18-19-53(40)44(56)63-46)25(2)21-45(7)41(62-43-38(54)34(52(9)10)20-26(3)60-43)28(5)39(29(6)42(55)61-35)57-22-31(23-58-45)51-59-24-30-14-12-16-33(50-30)37-32(47)15-13-17-48-37/h12-17,25-29,34-35,38-41,43,54H,11,18-24,47H2,1-10H3/t25-,26+,27+,28-,29-,34-,35+,38+,39+,40-,41+,43-,45-,46-/m1/s1. The average Bonchev–Trinajstić information content (AvgIpc) is 3.39. The first kappa shape index (κ1) is 46.7. The molecule has 7 rings (SSSR count). The van der Waals surface area contributed by atoms with Gasteiger partial charge in [0, 0.05) is 36.3 Å². The highest BCUT2D eigenvalue weighted by molar-refractivity contribution is 5.91. The number of anilines is 1. The third-order valence-electron chi connectivity index (χ3n) is 13.8. The van der Waals surface area contributed by atoms with Crippen molar-refractivity contribution in [3.8, 4) is 11.4 Å². The number of hydrogen-bond donors (Lipinski definition) is 2. The van der Waals surface area contributed by atoms with Crippen LogP contribution in [-0.2, 0) is 44.7 Å². The van der Waals surface area contributed by atoms with Gasteiger partial charge in [0.05, 0.1) is 72.7 Å². The lowest BCUT2D eigenvalue weighted by Crippen LogP contribution is -2.60. The zero-order valence-corrected chi connectivity index (χ0v) is 38.4. The van der Waals surface area contributed by atoms with Gasteiger partial charge < -0.3 is 49.0 Å². The Morgan fingerprint density at radius 3 is 2.57 bits per heavy atom. The molecule has 2 aromatic rings. The minimum atomic E-state index is -1.15. The SMILES string of the molecule is CC[C@@H]1OC(=O)[C@H](C)[C@H]2OCC(=NOCc3cccc(-c4ncccc4N)n3)CO[C@](C)(C[C@@H](C)C3=NCCN4C(=O)O[C@@]1(C)[C@H]4[C@H]3C)[C@@H](O[C@H]1O[C@@H](C)C[C@@H](N(C)C)[C@@H]1O)[C@@H]2C. The van der Waals surface area contributed by atoms with Gasteiger partial charge in [0.25, 0.3) is 0 Å². The summed E-state index contributed by atoms with van der Waals surface area (Å²) >= 11 is 0. The highest BCUT2D eigenvalue weighted by Gasteiger charge is 2.60. The number of rotatable bonds is 8. The van der Waals surface area contributed by atoms with Crippen molar-refractivity contribution in [3.63, 3.8) is 0 Å². The van der Waals surface area contributed by atoms with Gasteiger partial charge in [-0.15, -0.1) is 0 Å². The quantitative estimate of drug-likeness (QED) is 0.268. The lowest BCUT2D eigenvalue weighted by Gasteiger charge is -2.48. The molecule has 0 radical (unpaired) electrons. The number of cyclic esters (lactones) is 1. The molecule has 0 aromatic carbocycles. The molecule has 4 bridgehead atoms. The summed E-state index contributed by atoms with van der Waals surface area (Å²) in [6.07, 6.45) is -1.95. The zero-order chi connectivity index (χ0) is 45.4. The second-order valence-electron chi connectivity index (χ2n) is 18.8. The summed E-state index contributed by atoms with van der Waals surface area (Å²) in [5.41, 5.74) is 7.54. The predicted octanol–water partition coefficient (Wildman–Crippen LogP) is 4.89. The maximum Gasteiger partial charge on any atom is 0.410 e. The number of aliphatic hydroxyl groups is 1. The van der Waals surface area contributed by atoms with Crippen LogP contribution in [-0.4, -0.2) is 149 Å². The summed E-state index contributed by atoms with van der Waals surface area (Å²) in [6, 6.07) is 8.38. The van der Waals surface area contributed by atoms with E-state index < -0.39 is 71.8 Å². The molecule has 14 atom stereocenters. The fourth-order valence-electron chi connectivity index (χ4n) is 10.7. The Labute approximate surface area is 371 Å². The molecule has 2 aromatic heterocycles. The summed E-state index contributed by atoms with van der Waals surface area (Å²) in [6.45, 7) is 16.4. The van der Waals surface area contributed by atoms with Crippen molar-refractivity contribution in [3.05, 3.63) is 42.2 Å². The van der Waals surface area contributed by atoms with Crippen LogP contribution in [0.1, 0.15) is 80.3 Å². The Bertz CT molecular complexity index is 2020. The topological polar surface area (TPSA) is 202 Å². The molecule has 63 heavy (non-hydrogen) atoms. The average molecular weight is 878 g/mol. The molecule has 0 spiro atoms. The number of carbonyl (C=O) groups is 2. The Morgan fingerprint density at radius 2 is 1.84 bits per heavy atom. The lowest BCUT2D eigenvalue weighted by atomic mass is 9.72. The van der Waals surface area contributed by atoms with Gasteiger partial charge in [-0.3, -0.25) is 19.7 Å². The van der Waals surface area contributed by atoms with Gasteiger partial charge in [0.1, 0.15) is 23.6 Å². The Kier molecular flexibility index (Phi) is 14.1. The molecule has 5 aliphatic rings. The molecular weight excluding hydrogens is 811 g/mol. The van der Waals surface area contributed by atoms with Crippen LogP contribution in [0.4, 0.5) is 10.5 Å². The maximum atomic E-state index is 14.6. The lowest BCUT2D eigenvalue weighted by molar-refractivity contribution is -0.302. The molecule has 7 heterocycles. The van der Waals surface area contributed by atoms with Crippen LogP contribution in [0.15, 0.2) is 46.7 Å². The number of aliphatic hydroxyl groups excluding tert-OH is 1. The van der Waals surface area contributed by atoms with Crippen molar-refractivity contribution in [2.75, 3.05) is 46.1 Å². The van der Waals surface area contributed by atoms with E-state index in [1.165, 1.54) is 0 Å². The molecule has 5 aliphatic heterocycles. The van der Waals surface area contributed by atoms with Gasteiger partial charge in [-0.25, -0.2) is 9.78 Å². The number of nitrogens with two attached hydrogens (primary N) is 1. The van der Waals surface area contributed by atoms with Crippen LogP contribution in [0.2, 0.25) is 0 Å². The van der Waals surface area contributed by atoms with Crippen molar-refractivity contribution in [1.82, 2.24) is 19.8 Å². The van der Waals surface area contributed by atoms with Gasteiger partial charge in [0.15, 0.2) is 18.5 Å². The van der Waals surface area contributed by atoms with Crippen molar-refractivity contribution >= 4 is 29.2 Å². The van der Waals surface area contributed by atoms with E-state index >= 15 is 0 Å². The van der Waals surface area contributed by atoms with Crippen molar-refractivity contribution in [2.24, 2.45) is 33.8 Å². The Balaban J connectivity index is 1.28. The van der Waals surface area contributed by atoms with E-state index in [1.54, 1.807) is 30.2 Å². The first-order valence-electron chi connectivity index (χ1n) is 22.5. The second-order valence-corrected chi connectivity index (χ2v) is 18.8. The van der Waals surface area contributed by atoms with E-state index in [0.29, 0.717) is 60.8 Å². The summed E-state index contributed by atoms with van der Waals surface area (Å²) in [4.78, 5) is 52.1. The first-order valence-corrected chi connectivity index (χ1v) is 22.5. The van der Waals surface area contributed by atoms with Gasteiger partial charge in [0.2, 0.25) is 0 Å². The first-order chi connectivity index (χ1) is 29.9. The van der Waals surface area contributed by atoms with Crippen LogP contribution in [0.5, 0.6) is 0 Å². The van der Waals surface area contributed by atoms with Gasteiger partial charge in [-0.05, 0) is 91.2 Å². The highest BCUT2D eigenvalue weighted by atomic mass is 16.7. The van der Waals surface area contributed by atoms with E-state index in [1.807, 2.05) is 71.8 Å². The molecule has 0 saturated carbocycles. The van der Waals surface area contributed by atoms with E-state index in [4.69, 9.17) is 49.0 Å². The largest absolute Gasteiger partial charge is 0.458 e. The second kappa shape index (κ2) is 19.1. The minimum Gasteiger partial charge on any atom is -0.458 e. The van der Waals surface area contributed by atoms with Crippen LogP contribution in [0, 0.1) is 23.7 Å². The zero-order valence-electron chi connectivity index (χ0n) is 38.4. The highest BCUT2D eigenvalue weighted by Crippen LogP contribution is 2.45. The monoisotopic (exact) mass is 877 g/mol. The Hall–Kier alpha value is -4.26. The molecule has 346 valence electrons. The summed E-state index contributed by atoms with van der Waals surface area (Å²) in [7, 11) is 3.86. The number of likely N-dealkylation sites (N-methyl/N-ethyl adjacent to an activating group) is 1. The van der Waals surface area contributed by atoms with Crippen LogP contribution >= 0.6 is 0 Å². The smallest absolute Gasteiger partial charge is 0.410 e. The number of nitrogen functional groups attached to an aromatic ring is 1. The molecule has 0 unspecified atom stereocenters. The summed E-state index contributed by atoms with van der Waals surface area (Å²) < 4.78 is 39.9. The number of carbonyl (C=O) groups excluding carboxylic acids is 2. The number of esters is 1. The molecule has 0 aliphatic carbocycles. The number of pyridine rings is 2. The molecule has 4 saturated heterocycles. The third kappa shape index (κ3) is 9.46. The van der Waals surface area contributed by atoms with Gasteiger partial charge in [-0.2, -0.15) is 0 Å². The molecule has 1 amide bonds. The normalized spacial score (nSPS) is 38.4. The number of oxime groups is 1. The van der Waals surface area contributed by atoms with E-state index in [0.717, 1.165) is 5.71 Å². The Morgan fingerprint density at radius 1 is 1.06 bits per heavy atom. The number of fused-ring (bicyclic) bond motifs is 4. The number of amides is 1. The van der Waals surface area contributed by atoms with Gasteiger partial charge in [-0.1, -0.05) is 38.9 Å². The summed E-state index contributed by atoms with van der Waals surface area (Å²) in [5.74, 6) is -2.36. The van der Waals surface area contributed by atoms with E-state index in [2.05, 4.69) is 24.0 Å². The van der Waals surface area contributed by atoms with E-state index in [9.17, 15) is 14.7 Å². The fraction of sp³-hybridized carbons (Fsp3) is 0.696. The van der Waals surface area contributed by atoms with Gasteiger partial charge >= 0.3 is 12.1 Å². The molecule has 4 fully saturated rings. The summed E-state index contributed by atoms with van der Waals surface area (Å²) in [5, 5.41) is 16.4. The predicted molar refractivity (Wildman–Crippen MR) is 235 cm³/mol. The minimum absolute atomic E-state index is 0.0131. The van der Waals surface area contributed by atoms with Crippen LogP contribution < -0.4 is 5.73 Å². The molecule has 3 N–H and O–H groups in total. The van der Waals surface area contributed by atoms with Crippen molar-refractivity contribution in [2.45, 2.75) is 141 Å².